The smallest absolute Gasteiger partial charge is 0.228 e. The first-order chi connectivity index (χ1) is 11.2. The fourth-order valence-electron chi connectivity index (χ4n) is 4.19. The van der Waals surface area contributed by atoms with Crippen LogP contribution in [0, 0.1) is 23.7 Å². The van der Waals surface area contributed by atoms with E-state index in [9.17, 15) is 9.90 Å². The molecule has 2 aliphatic heterocycles. The fourth-order valence-corrected chi connectivity index (χ4v) is 4.19. The molecule has 0 bridgehead atoms. The van der Waals surface area contributed by atoms with Crippen LogP contribution in [0.2, 0.25) is 0 Å². The summed E-state index contributed by atoms with van der Waals surface area (Å²) in [5.41, 5.74) is 0. The molecule has 1 N–H and O–H groups in total. The minimum absolute atomic E-state index is 0.0219. The van der Waals surface area contributed by atoms with Gasteiger partial charge in [0.05, 0.1) is 13.2 Å². The van der Waals surface area contributed by atoms with Gasteiger partial charge in [-0.15, -0.1) is 0 Å². The van der Waals surface area contributed by atoms with Gasteiger partial charge in [0.2, 0.25) is 5.91 Å². The normalized spacial score (nSPS) is 37.2. The average Bonchev–Trinajstić information content (AvgIpc) is 2.98. The number of aliphatic hydroxyl groups is 1. The predicted octanol–water partition coefficient (Wildman–Crippen LogP) is 3.01. The number of rotatable bonds is 7. The molecule has 5 atom stereocenters. The number of likely N-dealkylation sites (tertiary alicyclic amines) is 1. The molecule has 2 fully saturated rings. The molecule has 140 valence electrons. The first kappa shape index (κ1) is 19.7. The van der Waals surface area contributed by atoms with Gasteiger partial charge in [-0.25, -0.2) is 0 Å². The summed E-state index contributed by atoms with van der Waals surface area (Å²) in [6.07, 6.45) is 2.13. The number of nitrogens with zero attached hydrogens (tertiary/aromatic N) is 1. The van der Waals surface area contributed by atoms with Gasteiger partial charge in [0.15, 0.2) is 5.79 Å². The Labute approximate surface area is 146 Å². The van der Waals surface area contributed by atoms with E-state index in [4.69, 9.17) is 9.47 Å². The second kappa shape index (κ2) is 7.71. The first-order valence-corrected chi connectivity index (χ1v) is 9.50. The second-order valence-corrected chi connectivity index (χ2v) is 8.28. The molecule has 2 aliphatic rings. The summed E-state index contributed by atoms with van der Waals surface area (Å²) in [6, 6.07) is 0. The Balaban J connectivity index is 2.03. The minimum atomic E-state index is -0.726. The van der Waals surface area contributed by atoms with E-state index in [1.165, 1.54) is 0 Å². The van der Waals surface area contributed by atoms with Crippen LogP contribution < -0.4 is 0 Å². The van der Waals surface area contributed by atoms with Gasteiger partial charge in [-0.2, -0.15) is 0 Å². The van der Waals surface area contributed by atoms with Crippen LogP contribution >= 0.6 is 0 Å². The van der Waals surface area contributed by atoms with Crippen molar-refractivity contribution in [2.24, 2.45) is 23.7 Å². The van der Waals surface area contributed by atoms with E-state index in [0.29, 0.717) is 13.2 Å². The molecule has 0 spiro atoms. The average molecular weight is 341 g/mol. The Morgan fingerprint density at radius 3 is 2.46 bits per heavy atom. The maximum Gasteiger partial charge on any atom is 0.228 e. The molecule has 2 saturated heterocycles. The summed E-state index contributed by atoms with van der Waals surface area (Å²) < 4.78 is 11.9. The number of carbonyl (C=O) groups excluding carboxylic acids is 1. The molecule has 24 heavy (non-hydrogen) atoms. The number of hydrogen-bond acceptors (Lipinski definition) is 4. The van der Waals surface area contributed by atoms with Crippen LogP contribution in [-0.2, 0) is 14.3 Å². The van der Waals surface area contributed by atoms with Crippen molar-refractivity contribution in [1.29, 1.82) is 0 Å². The van der Waals surface area contributed by atoms with Gasteiger partial charge < -0.3 is 19.5 Å². The minimum Gasteiger partial charge on any atom is -0.373 e. The number of carbonyl (C=O) groups is 1. The van der Waals surface area contributed by atoms with E-state index in [1.54, 1.807) is 4.90 Å². The molecule has 5 heteroatoms. The van der Waals surface area contributed by atoms with Crippen LogP contribution in [0.5, 0.6) is 0 Å². The molecule has 0 aromatic rings. The highest BCUT2D eigenvalue weighted by molar-refractivity contribution is 5.82. The maximum atomic E-state index is 12.9. The summed E-state index contributed by atoms with van der Waals surface area (Å²) in [6.45, 7) is 13.3. The number of unbranched alkanes of at least 4 members (excludes halogenated alkanes) is 1. The number of ether oxygens (including phenoxy) is 2. The summed E-state index contributed by atoms with van der Waals surface area (Å²) in [7, 11) is 0. The highest BCUT2D eigenvalue weighted by Gasteiger charge is 2.51. The molecule has 0 aromatic carbocycles. The molecule has 1 amide bonds. The Kier molecular flexibility index (Phi) is 6.32. The van der Waals surface area contributed by atoms with Crippen LogP contribution in [0.4, 0.5) is 0 Å². The van der Waals surface area contributed by atoms with E-state index in [0.717, 1.165) is 19.3 Å². The van der Waals surface area contributed by atoms with Gasteiger partial charge >= 0.3 is 0 Å². The molecule has 0 aliphatic carbocycles. The second-order valence-electron chi connectivity index (χ2n) is 8.28. The third-order valence-electron chi connectivity index (χ3n) is 5.51. The van der Waals surface area contributed by atoms with Crippen molar-refractivity contribution in [3.63, 3.8) is 0 Å². The van der Waals surface area contributed by atoms with Crippen molar-refractivity contribution in [2.45, 2.75) is 78.9 Å². The fraction of sp³-hybridized carbons (Fsp3) is 0.947. The Bertz CT molecular complexity index is 439. The molecule has 2 heterocycles. The standard InChI is InChI=1S/C19H35NO4/c1-7-8-9-19(6)23-11-14(24-19)10-20-17(21)15(12(2)3)16(13(4)5)18(20)22/h12-17,21H,7-11H2,1-6H3. The van der Waals surface area contributed by atoms with Crippen LogP contribution in [0.3, 0.4) is 0 Å². The van der Waals surface area contributed by atoms with Gasteiger partial charge in [0.1, 0.15) is 12.3 Å². The number of aliphatic hydroxyl groups excluding tert-OH is 1. The lowest BCUT2D eigenvalue weighted by Crippen LogP contribution is -2.42. The molecule has 0 saturated carbocycles. The lowest BCUT2D eigenvalue weighted by Gasteiger charge is -2.28. The van der Waals surface area contributed by atoms with E-state index in [1.807, 2.05) is 6.92 Å². The summed E-state index contributed by atoms with van der Waals surface area (Å²) >= 11 is 0. The molecule has 2 rings (SSSR count). The van der Waals surface area contributed by atoms with Crippen molar-refractivity contribution in [3.8, 4) is 0 Å². The topological polar surface area (TPSA) is 59.0 Å². The molecule has 5 unspecified atom stereocenters. The van der Waals surface area contributed by atoms with E-state index >= 15 is 0 Å². The summed E-state index contributed by atoms with van der Waals surface area (Å²) in [4.78, 5) is 14.5. The van der Waals surface area contributed by atoms with Crippen LogP contribution in [0.15, 0.2) is 0 Å². The van der Waals surface area contributed by atoms with E-state index in [2.05, 4.69) is 34.6 Å². The van der Waals surface area contributed by atoms with Gasteiger partial charge in [-0.05, 0) is 25.2 Å². The van der Waals surface area contributed by atoms with Crippen LogP contribution in [0.25, 0.3) is 0 Å². The Morgan fingerprint density at radius 1 is 1.29 bits per heavy atom. The number of hydrogen-bond donors (Lipinski definition) is 1. The number of amides is 1. The van der Waals surface area contributed by atoms with Crippen molar-refractivity contribution < 1.29 is 19.4 Å². The molecular weight excluding hydrogens is 306 g/mol. The van der Waals surface area contributed by atoms with Crippen LogP contribution in [0.1, 0.15) is 60.8 Å². The zero-order chi connectivity index (χ0) is 18.1. The van der Waals surface area contributed by atoms with E-state index < -0.39 is 12.0 Å². The van der Waals surface area contributed by atoms with Gasteiger partial charge in [-0.3, -0.25) is 4.79 Å². The first-order valence-electron chi connectivity index (χ1n) is 9.50. The monoisotopic (exact) mass is 341 g/mol. The Morgan fingerprint density at radius 2 is 1.96 bits per heavy atom. The highest BCUT2D eigenvalue weighted by Crippen LogP contribution is 2.40. The van der Waals surface area contributed by atoms with Gasteiger partial charge in [0.25, 0.3) is 0 Å². The molecule has 0 radical (unpaired) electrons. The van der Waals surface area contributed by atoms with Gasteiger partial charge in [0, 0.05) is 18.3 Å². The zero-order valence-electron chi connectivity index (χ0n) is 16.1. The third kappa shape index (κ3) is 3.94. The predicted molar refractivity (Wildman–Crippen MR) is 93.1 cm³/mol. The Hall–Kier alpha value is -0.650. The summed E-state index contributed by atoms with van der Waals surface area (Å²) in [5, 5.41) is 10.7. The molecule has 0 aromatic heterocycles. The summed E-state index contributed by atoms with van der Waals surface area (Å²) in [5.74, 6) is -0.150. The maximum absolute atomic E-state index is 12.9. The molecule has 5 nitrogen and oxygen atoms in total. The lowest BCUT2D eigenvalue weighted by atomic mass is 9.78. The van der Waals surface area contributed by atoms with Crippen molar-refractivity contribution >= 4 is 5.91 Å². The highest BCUT2D eigenvalue weighted by atomic mass is 16.7. The van der Waals surface area contributed by atoms with E-state index in [-0.39, 0.29) is 35.7 Å². The van der Waals surface area contributed by atoms with Crippen molar-refractivity contribution in [2.75, 3.05) is 13.2 Å². The largest absolute Gasteiger partial charge is 0.373 e. The zero-order valence-corrected chi connectivity index (χ0v) is 16.1. The van der Waals surface area contributed by atoms with Gasteiger partial charge in [-0.1, -0.05) is 41.0 Å². The molecular formula is C19H35NO4. The van der Waals surface area contributed by atoms with Crippen molar-refractivity contribution in [1.82, 2.24) is 4.90 Å². The third-order valence-corrected chi connectivity index (χ3v) is 5.51. The SMILES string of the molecule is CCCCC1(C)OCC(CN2C(=O)C(C(C)C)C(C(C)C)C2O)O1. The van der Waals surface area contributed by atoms with Crippen molar-refractivity contribution in [3.05, 3.63) is 0 Å². The quantitative estimate of drug-likeness (QED) is 0.773. The van der Waals surface area contributed by atoms with Crippen LogP contribution in [-0.4, -0.2) is 47.2 Å². The lowest BCUT2D eigenvalue weighted by molar-refractivity contribution is -0.165.